The van der Waals surface area contributed by atoms with Crippen LogP contribution in [0, 0.1) is 5.41 Å². The monoisotopic (exact) mass is 826 g/mol. The van der Waals surface area contributed by atoms with Crippen molar-refractivity contribution in [2.24, 2.45) is 5.41 Å². The fraction of sp³-hybridized carbons (Fsp3) is 0.558. The van der Waals surface area contributed by atoms with Crippen molar-refractivity contribution in [2.45, 2.75) is 89.6 Å². The zero-order valence-electron chi connectivity index (χ0n) is 34.6. The second-order valence-electron chi connectivity index (χ2n) is 18.1. The van der Waals surface area contributed by atoms with E-state index in [9.17, 15) is 14.4 Å². The van der Waals surface area contributed by atoms with Gasteiger partial charge in [-0.05, 0) is 57.4 Å². The lowest BCUT2D eigenvalue weighted by Gasteiger charge is -2.45. The van der Waals surface area contributed by atoms with Gasteiger partial charge in [-0.3, -0.25) is 24.5 Å². The number of hydrogen-bond acceptors (Lipinski definition) is 13. The molecule has 3 N–H and O–H groups in total. The Morgan fingerprint density at radius 1 is 1.12 bits per heavy atom. The summed E-state index contributed by atoms with van der Waals surface area (Å²) < 4.78 is 24.0. The molecule has 1 aromatic carbocycles. The number of amides is 2. The van der Waals surface area contributed by atoms with Gasteiger partial charge in [-0.2, -0.15) is 0 Å². The zero-order valence-corrected chi connectivity index (χ0v) is 35.4. The minimum absolute atomic E-state index is 0.0910. The number of nitrogens with zero attached hydrogens (tertiary/aromatic N) is 5. The summed E-state index contributed by atoms with van der Waals surface area (Å²) in [7, 11) is 1.73. The number of ether oxygens (including phenoxy) is 4. The van der Waals surface area contributed by atoms with Gasteiger partial charge >= 0.3 is 12.1 Å². The van der Waals surface area contributed by atoms with E-state index < -0.39 is 41.3 Å². The molecule has 16 heteroatoms. The maximum atomic E-state index is 14.1. The number of benzene rings is 1. The Morgan fingerprint density at radius 3 is 2.78 bits per heavy atom. The van der Waals surface area contributed by atoms with E-state index in [0.29, 0.717) is 30.4 Å². The maximum Gasteiger partial charge on any atom is 0.408 e. The van der Waals surface area contributed by atoms with E-state index >= 15 is 0 Å². The second-order valence-corrected chi connectivity index (χ2v) is 19.0. The fourth-order valence-corrected chi connectivity index (χ4v) is 10.3. The highest BCUT2D eigenvalue weighted by atomic mass is 32.1. The van der Waals surface area contributed by atoms with Gasteiger partial charge in [0.1, 0.15) is 23.8 Å². The number of carbonyl (C=O) groups is 3. The van der Waals surface area contributed by atoms with Crippen LogP contribution in [0.25, 0.3) is 33.4 Å². The van der Waals surface area contributed by atoms with Crippen LogP contribution in [0.3, 0.4) is 0 Å². The van der Waals surface area contributed by atoms with Crippen molar-refractivity contribution < 1.29 is 33.3 Å². The molecule has 3 saturated heterocycles. The smallest absolute Gasteiger partial charge is 0.408 e. The SMILES string of the molecule is CO[C@@H]1c2ncc(N3CCN4CCOC[C@@H]4C3)cc2-c2[nH]c3ccc4cc3c2C1C(C)(C)COC(=O)[C@@H]1CCCN(N1)C(=O)[C@@H](NC(=O)OC(C)(C)C)Cc1nc-4cs1. The predicted molar refractivity (Wildman–Crippen MR) is 223 cm³/mol. The molecule has 15 nitrogen and oxygen atoms in total. The van der Waals surface area contributed by atoms with Gasteiger partial charge in [-0.25, -0.2) is 15.2 Å². The lowest BCUT2D eigenvalue weighted by atomic mass is 9.67. The first kappa shape index (κ1) is 39.8. The van der Waals surface area contributed by atoms with Crippen LogP contribution in [0.2, 0.25) is 0 Å². The molecule has 9 rings (SSSR count). The quantitative estimate of drug-likeness (QED) is 0.233. The summed E-state index contributed by atoms with van der Waals surface area (Å²) in [6.45, 7) is 15.2. The number of hydrogen-bond donors (Lipinski definition) is 3. The highest BCUT2D eigenvalue weighted by Crippen LogP contribution is 2.56. The predicted octanol–water partition coefficient (Wildman–Crippen LogP) is 5.17. The van der Waals surface area contributed by atoms with Gasteiger partial charge in [0.15, 0.2) is 0 Å². The van der Waals surface area contributed by atoms with Crippen molar-refractivity contribution in [3.05, 3.63) is 52.1 Å². The number of cyclic esters (lactones) is 1. The van der Waals surface area contributed by atoms with Crippen LogP contribution >= 0.6 is 11.3 Å². The summed E-state index contributed by atoms with van der Waals surface area (Å²) in [6.07, 6.45) is 2.02. The third kappa shape index (κ3) is 7.69. The van der Waals surface area contributed by atoms with Crippen molar-refractivity contribution in [3.8, 4) is 22.5 Å². The molecule has 1 aliphatic carbocycles. The summed E-state index contributed by atoms with van der Waals surface area (Å²) in [6, 6.07) is 7.15. The summed E-state index contributed by atoms with van der Waals surface area (Å²) >= 11 is 1.43. The van der Waals surface area contributed by atoms with Gasteiger partial charge in [0.25, 0.3) is 5.91 Å². The van der Waals surface area contributed by atoms with Crippen LogP contribution < -0.4 is 15.6 Å². The van der Waals surface area contributed by atoms with Crippen LogP contribution in [-0.2, 0) is 35.0 Å². The van der Waals surface area contributed by atoms with E-state index in [1.807, 2.05) is 11.6 Å². The number of aromatic amines is 1. The van der Waals surface area contributed by atoms with Crippen molar-refractivity contribution >= 4 is 45.9 Å². The molecule has 0 spiro atoms. The Bertz CT molecular complexity index is 2270. The number of pyridine rings is 1. The minimum Gasteiger partial charge on any atom is -0.464 e. The first-order valence-electron chi connectivity index (χ1n) is 20.7. The number of hydrazine groups is 1. The Hall–Kier alpha value is -4.61. The van der Waals surface area contributed by atoms with E-state index in [0.717, 1.165) is 89.8 Å². The van der Waals surface area contributed by atoms with Crippen LogP contribution in [0.4, 0.5) is 10.5 Å². The molecule has 4 aliphatic heterocycles. The van der Waals surface area contributed by atoms with Crippen molar-refractivity contribution in [1.82, 2.24) is 35.6 Å². The largest absolute Gasteiger partial charge is 0.464 e. The topological polar surface area (TPSA) is 163 Å². The molecule has 7 heterocycles. The number of methoxy groups -OCH3 is 1. The van der Waals surface area contributed by atoms with Gasteiger partial charge in [-0.15, -0.1) is 11.3 Å². The molecule has 4 aromatic rings. The van der Waals surface area contributed by atoms with E-state index in [-0.39, 0.29) is 24.9 Å². The zero-order chi connectivity index (χ0) is 41.2. The molecule has 5 atom stereocenters. The summed E-state index contributed by atoms with van der Waals surface area (Å²) in [5.74, 6) is -1.10. The summed E-state index contributed by atoms with van der Waals surface area (Å²) in [5.41, 5.74) is 9.31. The number of morpholine rings is 1. The van der Waals surface area contributed by atoms with Gasteiger partial charge < -0.3 is 34.1 Å². The maximum absolute atomic E-state index is 14.1. The molecule has 3 aromatic heterocycles. The first-order chi connectivity index (χ1) is 28.3. The number of aromatic nitrogens is 3. The fourth-order valence-electron chi connectivity index (χ4n) is 9.42. The lowest BCUT2D eigenvalue weighted by molar-refractivity contribution is -0.156. The highest BCUT2D eigenvalue weighted by molar-refractivity contribution is 7.10. The molecular formula is C43H54N8O7S. The van der Waals surface area contributed by atoms with Gasteiger partial charge in [-0.1, -0.05) is 19.9 Å². The third-order valence-electron chi connectivity index (χ3n) is 12.3. The average molecular weight is 827 g/mol. The van der Waals surface area contributed by atoms with E-state index in [4.69, 9.17) is 28.9 Å². The number of anilines is 1. The van der Waals surface area contributed by atoms with Crippen LogP contribution in [0.5, 0.6) is 0 Å². The third-order valence-corrected chi connectivity index (χ3v) is 13.2. The van der Waals surface area contributed by atoms with Crippen molar-refractivity contribution in [1.29, 1.82) is 0 Å². The molecule has 3 fully saturated rings. The minimum atomic E-state index is -0.992. The number of alkyl carbamates (subject to hydrolysis) is 1. The van der Waals surface area contributed by atoms with Crippen molar-refractivity contribution in [3.63, 3.8) is 0 Å². The summed E-state index contributed by atoms with van der Waals surface area (Å²) in [5, 5.41) is 7.90. The number of nitrogens with one attached hydrogen (secondary N) is 3. The first-order valence-corrected chi connectivity index (χ1v) is 21.6. The number of H-pyrrole nitrogens is 1. The molecular weight excluding hydrogens is 773 g/mol. The molecule has 5 aliphatic rings. The van der Waals surface area contributed by atoms with E-state index in [2.05, 4.69) is 63.6 Å². The number of thiazole rings is 1. The second kappa shape index (κ2) is 15.4. The number of piperazine rings is 1. The number of fused-ring (bicyclic) bond motifs is 9. The lowest BCUT2D eigenvalue weighted by Crippen LogP contribution is -2.60. The van der Waals surface area contributed by atoms with Crippen LogP contribution in [-0.4, -0.2) is 126 Å². The van der Waals surface area contributed by atoms with Gasteiger partial charge in [0.05, 0.1) is 59.8 Å². The van der Waals surface area contributed by atoms with Gasteiger partial charge in [0, 0.05) is 85.0 Å². The summed E-state index contributed by atoms with van der Waals surface area (Å²) in [4.78, 5) is 60.0. The van der Waals surface area contributed by atoms with E-state index in [1.165, 1.54) is 16.3 Å². The standard InChI is InChI=1S/C43H54N8O7S/c1-42(2,3)58-41(54)47-31-18-33-45-32(22-59-33)24-9-10-29-27(16-24)34-35(43(4,5)23-57-40(53)30-8-7-11-51(48-30)39(31)52)38(55-6)37-28(36(34)46-29)17-25(19-44-37)50-13-12-49-14-15-56-21-26(49)20-50/h9-10,16-17,19,22,26,30-31,35,38,46,48H,7-8,11-15,18,20-21,23H2,1-6H3,(H,47,54)/t26-,30-,31-,35?,38-/m0/s1. The Kier molecular flexibility index (Phi) is 10.4. The highest BCUT2D eigenvalue weighted by Gasteiger charge is 2.47. The number of esters is 1. The Balaban J connectivity index is 1.14. The van der Waals surface area contributed by atoms with Crippen LogP contribution in [0.15, 0.2) is 35.8 Å². The van der Waals surface area contributed by atoms with Gasteiger partial charge in [0.2, 0.25) is 0 Å². The molecule has 1 unspecified atom stereocenters. The number of rotatable bonds is 3. The Morgan fingerprint density at radius 2 is 1.97 bits per heavy atom. The Labute approximate surface area is 348 Å². The van der Waals surface area contributed by atoms with E-state index in [1.54, 1.807) is 27.9 Å². The van der Waals surface area contributed by atoms with Crippen LogP contribution in [0.1, 0.15) is 75.7 Å². The molecule has 0 radical (unpaired) electrons. The molecule has 314 valence electrons. The normalized spacial score (nSPS) is 26.1. The average Bonchev–Trinajstić information content (AvgIpc) is 3.85. The number of carbonyl (C=O) groups excluding carboxylic acids is 3. The van der Waals surface area contributed by atoms with Crippen molar-refractivity contribution in [2.75, 3.05) is 64.6 Å². The molecule has 2 amide bonds. The molecule has 59 heavy (non-hydrogen) atoms. The molecule has 0 saturated carbocycles. The molecule has 6 bridgehead atoms.